The van der Waals surface area contributed by atoms with Gasteiger partial charge in [-0.2, -0.15) is 0 Å². The second-order valence-corrected chi connectivity index (χ2v) is 7.72. The summed E-state index contributed by atoms with van der Waals surface area (Å²) in [6.07, 6.45) is 5.20. The van der Waals surface area contributed by atoms with Crippen molar-refractivity contribution in [2.75, 3.05) is 26.4 Å². The smallest absolute Gasteiger partial charge is 0.312 e. The van der Waals surface area contributed by atoms with Gasteiger partial charge in [-0.1, -0.05) is 54.4 Å². The molecule has 0 aromatic rings. The lowest BCUT2D eigenvalue weighted by Crippen LogP contribution is -2.52. The van der Waals surface area contributed by atoms with Crippen molar-refractivity contribution in [3.8, 4) is 0 Å². The summed E-state index contributed by atoms with van der Waals surface area (Å²) in [5.41, 5.74) is -1.96. The average Bonchev–Trinajstić information content (AvgIpc) is 2.69. The zero-order valence-corrected chi connectivity index (χ0v) is 17.8. The molecule has 3 N–H and O–H groups in total. The van der Waals surface area contributed by atoms with Crippen LogP contribution < -0.4 is 0 Å². The lowest BCUT2D eigenvalue weighted by Gasteiger charge is -2.52. The molecule has 0 aliphatic heterocycles. The lowest BCUT2D eigenvalue weighted by atomic mass is 9.51. The molecule has 0 amide bonds. The van der Waals surface area contributed by atoms with Gasteiger partial charge in [0.2, 0.25) is 0 Å². The average molecular weight is 375 g/mol. The Kier molecular flexibility index (Phi) is 11.0. The molecule has 0 bridgehead atoms. The maximum absolute atomic E-state index is 13.4. The highest BCUT2D eigenvalue weighted by Gasteiger charge is 2.56. The van der Waals surface area contributed by atoms with Crippen LogP contribution in [0.2, 0.25) is 0 Å². The highest BCUT2D eigenvalue weighted by Crippen LogP contribution is 2.57. The van der Waals surface area contributed by atoms with Gasteiger partial charge in [-0.15, -0.1) is 0 Å². The maximum Gasteiger partial charge on any atom is 0.312 e. The van der Waals surface area contributed by atoms with Crippen LogP contribution in [0.3, 0.4) is 0 Å². The van der Waals surface area contributed by atoms with Crippen LogP contribution in [0.1, 0.15) is 80.1 Å². The van der Waals surface area contributed by atoms with Crippen molar-refractivity contribution in [2.24, 2.45) is 22.2 Å². The van der Waals surface area contributed by atoms with E-state index in [0.717, 1.165) is 25.7 Å². The van der Waals surface area contributed by atoms with E-state index >= 15 is 0 Å². The third kappa shape index (κ3) is 4.42. The Morgan fingerprint density at radius 3 is 1.50 bits per heavy atom. The maximum atomic E-state index is 13.4. The molecule has 0 aromatic carbocycles. The molecule has 0 rings (SSSR count). The van der Waals surface area contributed by atoms with E-state index in [-0.39, 0.29) is 18.0 Å². The van der Waals surface area contributed by atoms with Crippen LogP contribution in [0.5, 0.6) is 0 Å². The molecular formula is C21H42O5. The summed E-state index contributed by atoms with van der Waals surface area (Å²) in [5.74, 6) is 0.154. The van der Waals surface area contributed by atoms with Crippen LogP contribution in [0.25, 0.3) is 0 Å². The van der Waals surface area contributed by atoms with Gasteiger partial charge in [0.05, 0.1) is 30.7 Å². The van der Waals surface area contributed by atoms with Gasteiger partial charge in [-0.3, -0.25) is 4.79 Å². The van der Waals surface area contributed by atoms with Crippen molar-refractivity contribution < 1.29 is 24.9 Å². The minimum absolute atomic E-state index is 0.155. The van der Waals surface area contributed by atoms with Crippen molar-refractivity contribution in [1.82, 2.24) is 0 Å². The van der Waals surface area contributed by atoms with E-state index in [1.165, 1.54) is 0 Å². The Morgan fingerprint density at radius 2 is 1.23 bits per heavy atom. The molecule has 5 nitrogen and oxygen atoms in total. The van der Waals surface area contributed by atoms with Crippen LogP contribution in [0.15, 0.2) is 0 Å². The first-order chi connectivity index (χ1) is 12.3. The Labute approximate surface area is 160 Å². The van der Waals surface area contributed by atoms with E-state index in [4.69, 9.17) is 4.74 Å². The van der Waals surface area contributed by atoms with Crippen LogP contribution in [-0.2, 0) is 9.53 Å². The van der Waals surface area contributed by atoms with Crippen molar-refractivity contribution in [3.63, 3.8) is 0 Å². The number of carbonyl (C=O) groups excluding carboxylic acids is 1. The molecule has 0 aliphatic carbocycles. The summed E-state index contributed by atoms with van der Waals surface area (Å²) >= 11 is 0. The number of hydrogen-bond acceptors (Lipinski definition) is 5. The number of aliphatic hydroxyl groups excluding tert-OH is 3. The van der Waals surface area contributed by atoms with Crippen LogP contribution in [-0.4, -0.2) is 47.7 Å². The molecule has 0 radical (unpaired) electrons. The van der Waals surface area contributed by atoms with Gasteiger partial charge in [0.25, 0.3) is 0 Å². The first-order valence-electron chi connectivity index (χ1n) is 10.3. The predicted octanol–water partition coefficient (Wildman–Crippen LogP) is 3.54. The number of ether oxygens (including phenoxy) is 1. The number of esters is 1. The molecule has 5 heteroatoms. The molecule has 0 heterocycles. The largest absolute Gasteiger partial charge is 0.464 e. The van der Waals surface area contributed by atoms with Crippen LogP contribution >= 0.6 is 0 Å². The van der Waals surface area contributed by atoms with E-state index in [9.17, 15) is 20.1 Å². The van der Waals surface area contributed by atoms with Gasteiger partial charge in [0, 0.05) is 0 Å². The SMILES string of the molecule is CCC(CC)C(CC)(CC)C(CC)(CC)C(=O)OCC(CO)(CO)CO. The molecule has 0 saturated heterocycles. The predicted molar refractivity (Wildman–Crippen MR) is 105 cm³/mol. The van der Waals surface area contributed by atoms with E-state index in [1.54, 1.807) is 0 Å². The fourth-order valence-electron chi connectivity index (χ4n) is 5.05. The quantitative estimate of drug-likeness (QED) is 0.405. The van der Waals surface area contributed by atoms with E-state index < -0.39 is 30.7 Å². The highest BCUT2D eigenvalue weighted by atomic mass is 16.5. The molecule has 156 valence electrons. The molecule has 0 unspecified atom stereocenters. The Morgan fingerprint density at radius 1 is 0.808 bits per heavy atom. The molecular weight excluding hydrogens is 332 g/mol. The topological polar surface area (TPSA) is 87.0 Å². The van der Waals surface area contributed by atoms with Gasteiger partial charge in [-0.05, 0) is 37.0 Å². The van der Waals surface area contributed by atoms with Crippen LogP contribution in [0.4, 0.5) is 0 Å². The number of hydrogen-bond donors (Lipinski definition) is 3. The zero-order chi connectivity index (χ0) is 20.4. The van der Waals surface area contributed by atoms with Crippen molar-refractivity contribution >= 4 is 5.97 Å². The second-order valence-electron chi connectivity index (χ2n) is 7.72. The fourth-order valence-corrected chi connectivity index (χ4v) is 5.05. The van der Waals surface area contributed by atoms with Gasteiger partial charge < -0.3 is 20.1 Å². The van der Waals surface area contributed by atoms with Gasteiger partial charge >= 0.3 is 5.97 Å². The third-order valence-electron chi connectivity index (χ3n) is 7.10. The highest BCUT2D eigenvalue weighted by molar-refractivity contribution is 5.78. The number of rotatable bonds is 14. The zero-order valence-electron chi connectivity index (χ0n) is 17.8. The molecule has 26 heavy (non-hydrogen) atoms. The Balaban J connectivity index is 5.92. The number of carbonyl (C=O) groups is 1. The molecule has 0 aromatic heterocycles. The first kappa shape index (κ1) is 25.4. The van der Waals surface area contributed by atoms with Gasteiger partial charge in [0.1, 0.15) is 6.61 Å². The Hall–Kier alpha value is -0.650. The summed E-state index contributed by atoms with van der Waals surface area (Å²) in [5, 5.41) is 28.5. The lowest BCUT2D eigenvalue weighted by molar-refractivity contribution is -0.180. The Bertz CT molecular complexity index is 383. The standard InChI is InChI=1S/C21H42O5/c1-7-17(8-2)20(9-3,10-4)21(11-5,12-6)18(25)26-16-19(13-22,14-23)15-24/h17,22-24H,7-16H2,1-6H3. The monoisotopic (exact) mass is 374 g/mol. The van der Waals surface area contributed by atoms with Crippen molar-refractivity contribution in [3.05, 3.63) is 0 Å². The minimum atomic E-state index is -1.20. The van der Waals surface area contributed by atoms with Gasteiger partial charge in [0.15, 0.2) is 0 Å². The summed E-state index contributed by atoms with van der Waals surface area (Å²) in [6, 6.07) is 0. The number of aliphatic hydroxyl groups is 3. The second kappa shape index (κ2) is 11.3. The third-order valence-corrected chi connectivity index (χ3v) is 7.10. The van der Waals surface area contributed by atoms with Crippen molar-refractivity contribution in [2.45, 2.75) is 80.1 Å². The van der Waals surface area contributed by atoms with Crippen LogP contribution in [0, 0.1) is 22.2 Å². The fraction of sp³-hybridized carbons (Fsp3) is 0.952. The molecule has 0 atom stereocenters. The summed E-state index contributed by atoms with van der Waals surface area (Å²) < 4.78 is 5.66. The van der Waals surface area contributed by atoms with E-state index in [1.807, 2.05) is 13.8 Å². The molecule has 0 aliphatic rings. The van der Waals surface area contributed by atoms with E-state index in [2.05, 4.69) is 27.7 Å². The normalized spacial score (nSPS) is 13.3. The summed E-state index contributed by atoms with van der Waals surface area (Å²) in [4.78, 5) is 13.4. The van der Waals surface area contributed by atoms with Gasteiger partial charge in [-0.25, -0.2) is 0 Å². The molecule has 0 spiro atoms. The summed E-state index contributed by atoms with van der Waals surface area (Å²) in [6.45, 7) is 11.3. The summed E-state index contributed by atoms with van der Waals surface area (Å²) in [7, 11) is 0. The first-order valence-corrected chi connectivity index (χ1v) is 10.3. The molecule has 0 saturated carbocycles. The molecule has 0 fully saturated rings. The van der Waals surface area contributed by atoms with Crippen molar-refractivity contribution in [1.29, 1.82) is 0 Å². The van der Waals surface area contributed by atoms with E-state index in [0.29, 0.717) is 18.8 Å². The minimum Gasteiger partial charge on any atom is -0.464 e.